The molecule has 0 spiro atoms. The van der Waals surface area contributed by atoms with E-state index in [1.54, 1.807) is 0 Å². The number of benzene rings is 10. The maximum Gasteiger partial charge on any atom is 0.137 e. The van der Waals surface area contributed by atoms with Crippen LogP contribution in [0.3, 0.4) is 0 Å². The Bertz CT molecular complexity index is 3260. The van der Waals surface area contributed by atoms with E-state index in [0.717, 1.165) is 55.7 Å². The fraction of sp³-hybridized carbons (Fsp3) is 0. The molecule has 0 bridgehead atoms. The lowest BCUT2D eigenvalue weighted by Crippen LogP contribution is -2.11. The maximum atomic E-state index is 6.44. The Morgan fingerprint density at radius 2 is 0.857 bits per heavy atom. The van der Waals surface area contributed by atoms with Gasteiger partial charge in [0, 0.05) is 16.6 Å². The molecule has 0 atom stereocenters. The fourth-order valence-electron chi connectivity index (χ4n) is 8.58. The number of nitrogens with zero attached hydrogens (tertiary/aromatic N) is 1. The molecule has 0 fully saturated rings. The number of anilines is 3. The molecule has 0 aliphatic carbocycles. The molecule has 56 heavy (non-hydrogen) atoms. The van der Waals surface area contributed by atoms with Crippen LogP contribution in [-0.4, -0.2) is 0 Å². The molecular weight excluding hydrogens is 679 g/mol. The van der Waals surface area contributed by atoms with Gasteiger partial charge in [-0.1, -0.05) is 170 Å². The Morgan fingerprint density at radius 1 is 0.304 bits per heavy atom. The second-order valence-electron chi connectivity index (χ2n) is 14.5. The topological polar surface area (TPSA) is 16.4 Å². The minimum Gasteiger partial charge on any atom is -0.456 e. The number of para-hydroxylation sites is 2. The summed E-state index contributed by atoms with van der Waals surface area (Å²) in [6.07, 6.45) is 0. The lowest BCUT2D eigenvalue weighted by atomic mass is 9.95. The van der Waals surface area contributed by atoms with E-state index in [0.29, 0.717) is 0 Å². The van der Waals surface area contributed by atoms with Gasteiger partial charge in [0.15, 0.2) is 0 Å². The lowest BCUT2D eigenvalue weighted by molar-refractivity contribution is 0.669. The fourth-order valence-corrected chi connectivity index (χ4v) is 8.58. The van der Waals surface area contributed by atoms with Crippen molar-refractivity contribution < 1.29 is 4.42 Å². The second-order valence-corrected chi connectivity index (χ2v) is 14.5. The first kappa shape index (κ1) is 32.0. The van der Waals surface area contributed by atoms with Crippen LogP contribution in [0.5, 0.6) is 0 Å². The molecule has 0 amide bonds. The Kier molecular flexibility index (Phi) is 7.53. The van der Waals surface area contributed by atoms with E-state index < -0.39 is 0 Å². The van der Waals surface area contributed by atoms with Gasteiger partial charge in [0.1, 0.15) is 11.2 Å². The normalized spacial score (nSPS) is 11.6. The van der Waals surface area contributed by atoms with Crippen molar-refractivity contribution >= 4 is 71.3 Å². The van der Waals surface area contributed by atoms with Crippen LogP contribution in [0.15, 0.2) is 217 Å². The molecule has 10 aromatic carbocycles. The highest BCUT2D eigenvalue weighted by atomic mass is 16.3. The molecular formula is C54H35NO. The third kappa shape index (κ3) is 5.34. The molecule has 0 saturated carbocycles. The van der Waals surface area contributed by atoms with Crippen molar-refractivity contribution in [1.29, 1.82) is 0 Å². The van der Waals surface area contributed by atoms with Crippen molar-refractivity contribution in [3.05, 3.63) is 212 Å². The Hall–Kier alpha value is -7.42. The van der Waals surface area contributed by atoms with E-state index in [9.17, 15) is 0 Å². The van der Waals surface area contributed by atoms with E-state index in [1.807, 2.05) is 6.07 Å². The van der Waals surface area contributed by atoms with Gasteiger partial charge in [-0.2, -0.15) is 0 Å². The zero-order valence-corrected chi connectivity index (χ0v) is 30.6. The van der Waals surface area contributed by atoms with Gasteiger partial charge >= 0.3 is 0 Å². The maximum absolute atomic E-state index is 6.44. The van der Waals surface area contributed by atoms with Crippen molar-refractivity contribution in [1.82, 2.24) is 0 Å². The van der Waals surface area contributed by atoms with Crippen LogP contribution < -0.4 is 4.90 Å². The van der Waals surface area contributed by atoms with E-state index in [1.165, 1.54) is 49.0 Å². The Balaban J connectivity index is 1.05. The van der Waals surface area contributed by atoms with Crippen molar-refractivity contribution in [3.8, 4) is 33.4 Å². The molecule has 1 aromatic heterocycles. The largest absolute Gasteiger partial charge is 0.456 e. The minimum atomic E-state index is 0.866. The van der Waals surface area contributed by atoms with Crippen LogP contribution in [0.1, 0.15) is 0 Å². The van der Waals surface area contributed by atoms with Gasteiger partial charge in [-0.15, -0.1) is 0 Å². The van der Waals surface area contributed by atoms with Gasteiger partial charge in [-0.05, 0) is 103 Å². The quantitative estimate of drug-likeness (QED) is 0.160. The Labute approximate surface area is 325 Å². The third-order valence-electron chi connectivity index (χ3n) is 11.2. The number of hydrogen-bond donors (Lipinski definition) is 0. The van der Waals surface area contributed by atoms with Crippen molar-refractivity contribution in [2.45, 2.75) is 0 Å². The summed E-state index contributed by atoms with van der Waals surface area (Å²) in [5.74, 6) is 0. The summed E-state index contributed by atoms with van der Waals surface area (Å²) in [6.45, 7) is 0. The molecule has 11 rings (SSSR count). The first-order valence-electron chi connectivity index (χ1n) is 19.2. The molecule has 262 valence electrons. The van der Waals surface area contributed by atoms with Crippen molar-refractivity contribution in [3.63, 3.8) is 0 Å². The molecule has 2 heteroatoms. The summed E-state index contributed by atoms with van der Waals surface area (Å²) < 4.78 is 6.44. The molecule has 0 saturated heterocycles. The van der Waals surface area contributed by atoms with Crippen molar-refractivity contribution in [2.75, 3.05) is 4.90 Å². The lowest BCUT2D eigenvalue weighted by Gasteiger charge is -2.29. The van der Waals surface area contributed by atoms with Crippen LogP contribution in [0.4, 0.5) is 17.1 Å². The molecule has 0 aliphatic rings. The smallest absolute Gasteiger partial charge is 0.137 e. The van der Waals surface area contributed by atoms with Gasteiger partial charge in [0.2, 0.25) is 0 Å². The molecule has 0 N–H and O–H groups in total. The van der Waals surface area contributed by atoms with E-state index >= 15 is 0 Å². The zero-order chi connectivity index (χ0) is 37.0. The Morgan fingerprint density at radius 3 is 1.71 bits per heavy atom. The van der Waals surface area contributed by atoms with E-state index in [-0.39, 0.29) is 0 Å². The summed E-state index contributed by atoms with van der Waals surface area (Å²) in [7, 11) is 0. The molecule has 11 aromatic rings. The molecule has 0 unspecified atom stereocenters. The minimum absolute atomic E-state index is 0.866. The molecule has 1 heterocycles. The van der Waals surface area contributed by atoms with Crippen LogP contribution in [-0.2, 0) is 0 Å². The summed E-state index contributed by atoms with van der Waals surface area (Å²) in [6, 6.07) is 76.5. The molecule has 2 nitrogen and oxygen atoms in total. The zero-order valence-electron chi connectivity index (χ0n) is 30.6. The summed E-state index contributed by atoms with van der Waals surface area (Å²) in [5, 5.41) is 9.73. The number of fused-ring (bicyclic) bond motifs is 7. The first-order chi connectivity index (χ1) is 27.8. The van der Waals surface area contributed by atoms with Gasteiger partial charge in [-0.25, -0.2) is 0 Å². The number of furan rings is 1. The number of hydrogen-bond acceptors (Lipinski definition) is 2. The summed E-state index contributed by atoms with van der Waals surface area (Å²) >= 11 is 0. The van der Waals surface area contributed by atoms with E-state index in [4.69, 9.17) is 4.42 Å². The average Bonchev–Trinajstić information content (AvgIpc) is 3.66. The second kappa shape index (κ2) is 13.2. The highest BCUT2D eigenvalue weighted by Crippen LogP contribution is 2.47. The highest BCUT2D eigenvalue weighted by Gasteiger charge is 2.22. The number of rotatable bonds is 6. The molecule has 0 radical (unpaired) electrons. The van der Waals surface area contributed by atoms with Gasteiger partial charge in [-0.3, -0.25) is 0 Å². The van der Waals surface area contributed by atoms with Crippen LogP contribution >= 0.6 is 0 Å². The van der Waals surface area contributed by atoms with Crippen LogP contribution in [0.25, 0.3) is 87.6 Å². The van der Waals surface area contributed by atoms with Gasteiger partial charge < -0.3 is 9.32 Å². The van der Waals surface area contributed by atoms with Crippen molar-refractivity contribution in [2.24, 2.45) is 0 Å². The summed E-state index contributed by atoms with van der Waals surface area (Å²) in [4.78, 5) is 2.41. The monoisotopic (exact) mass is 713 g/mol. The predicted molar refractivity (Wildman–Crippen MR) is 237 cm³/mol. The van der Waals surface area contributed by atoms with E-state index in [2.05, 4.69) is 211 Å². The average molecular weight is 714 g/mol. The molecule has 0 aliphatic heterocycles. The highest BCUT2D eigenvalue weighted by molar-refractivity contribution is 6.14. The third-order valence-corrected chi connectivity index (χ3v) is 11.2. The standard InChI is InChI=1S/C54H35NO/c1-4-18-45-38(12-1)14-10-21-47(45)48-19-5-7-22-50(48)55(51-23-11-25-53-54(51)49-20-6-8-24-52(49)56-53)43-16-9-15-40(35-43)36-26-28-37(29-27-36)41-32-33-46-42(34-41)31-30-39-13-2-3-17-44(39)46/h1-35H. The SMILES string of the molecule is c1cc(-c2ccc(-c3ccc4c(ccc5ccccc54)c3)cc2)cc(N(c2ccccc2-c2cccc3ccccc23)c2cccc3oc4ccccc4c23)c1. The van der Waals surface area contributed by atoms with Crippen LogP contribution in [0.2, 0.25) is 0 Å². The van der Waals surface area contributed by atoms with Crippen LogP contribution in [0, 0.1) is 0 Å². The van der Waals surface area contributed by atoms with Gasteiger partial charge in [0.05, 0.1) is 16.8 Å². The van der Waals surface area contributed by atoms with Gasteiger partial charge in [0.25, 0.3) is 0 Å². The predicted octanol–water partition coefficient (Wildman–Crippen LogP) is 15.5. The first-order valence-corrected chi connectivity index (χ1v) is 19.2. The summed E-state index contributed by atoms with van der Waals surface area (Å²) in [5.41, 5.74) is 12.1.